The van der Waals surface area contributed by atoms with E-state index in [1.807, 2.05) is 5.38 Å². The Morgan fingerprint density at radius 2 is 2.05 bits per heavy atom. The molecule has 21 heavy (non-hydrogen) atoms. The van der Waals surface area contributed by atoms with Crippen LogP contribution in [0.15, 0.2) is 35.8 Å². The summed E-state index contributed by atoms with van der Waals surface area (Å²) in [6.45, 7) is 2.22. The van der Waals surface area contributed by atoms with Crippen LogP contribution in [-0.4, -0.2) is 30.0 Å². The number of amides is 1. The summed E-state index contributed by atoms with van der Waals surface area (Å²) in [4.78, 5) is 27.2. The lowest BCUT2D eigenvalue weighted by Crippen LogP contribution is -2.21. The highest BCUT2D eigenvalue weighted by Gasteiger charge is 2.07. The Labute approximate surface area is 126 Å². The maximum absolute atomic E-state index is 11.7. The predicted molar refractivity (Wildman–Crippen MR) is 81.6 cm³/mol. The molecule has 0 saturated carbocycles. The second kappa shape index (κ2) is 7.39. The Balaban J connectivity index is 1.85. The summed E-state index contributed by atoms with van der Waals surface area (Å²) in [6, 6.07) is 6.55. The van der Waals surface area contributed by atoms with Gasteiger partial charge in [-0.1, -0.05) is 0 Å². The Bertz CT molecular complexity index is 596. The highest BCUT2D eigenvalue weighted by Crippen LogP contribution is 2.12. The van der Waals surface area contributed by atoms with Crippen LogP contribution in [-0.2, 0) is 9.53 Å². The van der Waals surface area contributed by atoms with E-state index < -0.39 is 0 Å². The van der Waals surface area contributed by atoms with Crippen LogP contribution >= 0.6 is 11.3 Å². The molecule has 2 N–H and O–H groups in total. The lowest BCUT2D eigenvalue weighted by molar-refractivity contribution is -0.114. The summed E-state index contributed by atoms with van der Waals surface area (Å²) in [7, 11) is 0. The fourth-order valence-corrected chi connectivity index (χ4v) is 2.10. The molecule has 0 aliphatic carbocycles. The molecule has 1 amide bonds. The van der Waals surface area contributed by atoms with Gasteiger partial charge in [-0.25, -0.2) is 9.78 Å². The maximum Gasteiger partial charge on any atom is 0.338 e. The van der Waals surface area contributed by atoms with Gasteiger partial charge in [0.2, 0.25) is 5.91 Å². The van der Waals surface area contributed by atoms with E-state index in [-0.39, 0.29) is 18.4 Å². The van der Waals surface area contributed by atoms with E-state index in [1.54, 1.807) is 37.4 Å². The third-order valence-electron chi connectivity index (χ3n) is 2.51. The van der Waals surface area contributed by atoms with Crippen LogP contribution in [0.5, 0.6) is 0 Å². The van der Waals surface area contributed by atoms with Gasteiger partial charge in [0.05, 0.1) is 18.7 Å². The van der Waals surface area contributed by atoms with Crippen molar-refractivity contribution in [3.05, 3.63) is 41.4 Å². The molecule has 0 fully saturated rings. The van der Waals surface area contributed by atoms with Crippen molar-refractivity contribution in [2.75, 3.05) is 23.8 Å². The van der Waals surface area contributed by atoms with Crippen LogP contribution in [0.2, 0.25) is 0 Å². The summed E-state index contributed by atoms with van der Waals surface area (Å²) >= 11 is 1.43. The summed E-state index contributed by atoms with van der Waals surface area (Å²) in [5.74, 6) is -0.560. The number of hydrogen-bond acceptors (Lipinski definition) is 6. The quantitative estimate of drug-likeness (QED) is 0.801. The summed E-state index contributed by atoms with van der Waals surface area (Å²) in [5.41, 5.74) is 1.07. The van der Waals surface area contributed by atoms with E-state index in [1.165, 1.54) is 11.3 Å². The molecule has 0 unspecified atom stereocenters. The summed E-state index contributed by atoms with van der Waals surface area (Å²) < 4.78 is 4.89. The number of nitrogens with zero attached hydrogens (tertiary/aromatic N) is 1. The molecule has 0 aliphatic heterocycles. The molecule has 0 radical (unpaired) electrons. The highest BCUT2D eigenvalue weighted by atomic mass is 32.1. The number of nitrogens with one attached hydrogen (secondary N) is 2. The number of carbonyl (C=O) groups excluding carboxylic acids is 2. The molecule has 0 aliphatic rings. The van der Waals surface area contributed by atoms with Gasteiger partial charge in [0, 0.05) is 17.3 Å². The molecule has 1 aromatic carbocycles. The SMILES string of the molecule is CCOC(=O)c1ccc(NC(=O)CNc2nccs2)cc1. The van der Waals surface area contributed by atoms with E-state index in [0.29, 0.717) is 23.0 Å². The smallest absolute Gasteiger partial charge is 0.338 e. The summed E-state index contributed by atoms with van der Waals surface area (Å²) in [5, 5.41) is 8.16. The minimum atomic E-state index is -0.374. The highest BCUT2D eigenvalue weighted by molar-refractivity contribution is 7.13. The van der Waals surface area contributed by atoms with Crippen molar-refractivity contribution in [1.82, 2.24) is 4.98 Å². The van der Waals surface area contributed by atoms with Crippen molar-refractivity contribution < 1.29 is 14.3 Å². The predicted octanol–water partition coefficient (Wildman–Crippen LogP) is 2.37. The van der Waals surface area contributed by atoms with E-state index in [4.69, 9.17) is 4.74 Å². The number of hydrogen-bond donors (Lipinski definition) is 2. The normalized spacial score (nSPS) is 9.95. The van der Waals surface area contributed by atoms with Crippen LogP contribution in [0.3, 0.4) is 0 Å². The molecule has 7 heteroatoms. The van der Waals surface area contributed by atoms with E-state index >= 15 is 0 Å². The van der Waals surface area contributed by atoms with Crippen molar-refractivity contribution in [3.63, 3.8) is 0 Å². The molecule has 1 heterocycles. The molecule has 1 aromatic heterocycles. The van der Waals surface area contributed by atoms with Crippen LogP contribution in [0.4, 0.5) is 10.8 Å². The molecule has 110 valence electrons. The molecule has 6 nitrogen and oxygen atoms in total. The largest absolute Gasteiger partial charge is 0.462 e. The molecular weight excluding hydrogens is 290 g/mol. The van der Waals surface area contributed by atoms with Gasteiger partial charge in [-0.15, -0.1) is 11.3 Å². The molecule has 0 atom stereocenters. The molecule has 2 aromatic rings. The first-order valence-corrected chi connectivity index (χ1v) is 7.27. The second-order valence-corrected chi connectivity index (χ2v) is 4.93. The van der Waals surface area contributed by atoms with Crippen molar-refractivity contribution in [2.24, 2.45) is 0 Å². The van der Waals surface area contributed by atoms with E-state index in [0.717, 1.165) is 0 Å². The fourth-order valence-electron chi connectivity index (χ4n) is 1.58. The number of carbonyl (C=O) groups is 2. The molecule has 0 bridgehead atoms. The Kier molecular flexibility index (Phi) is 5.28. The van der Waals surface area contributed by atoms with Gasteiger partial charge in [-0.2, -0.15) is 0 Å². The van der Waals surface area contributed by atoms with Crippen molar-refractivity contribution in [3.8, 4) is 0 Å². The average Bonchev–Trinajstić information content (AvgIpc) is 2.99. The van der Waals surface area contributed by atoms with Crippen molar-refractivity contribution >= 4 is 34.0 Å². The molecule has 2 rings (SSSR count). The van der Waals surface area contributed by atoms with Gasteiger partial charge in [-0.3, -0.25) is 4.79 Å². The average molecular weight is 305 g/mol. The topological polar surface area (TPSA) is 80.3 Å². The van der Waals surface area contributed by atoms with Crippen molar-refractivity contribution in [2.45, 2.75) is 6.92 Å². The van der Waals surface area contributed by atoms with Gasteiger partial charge in [0.25, 0.3) is 0 Å². The Hall–Kier alpha value is -2.41. The number of aromatic nitrogens is 1. The number of benzene rings is 1. The Morgan fingerprint density at radius 3 is 2.67 bits per heavy atom. The lowest BCUT2D eigenvalue weighted by atomic mass is 10.2. The van der Waals surface area contributed by atoms with Crippen LogP contribution in [0, 0.1) is 0 Å². The maximum atomic E-state index is 11.7. The zero-order valence-corrected chi connectivity index (χ0v) is 12.3. The van der Waals surface area contributed by atoms with Gasteiger partial charge in [-0.05, 0) is 31.2 Å². The first kappa shape index (κ1) is 15.0. The molecule has 0 saturated heterocycles. The monoisotopic (exact) mass is 305 g/mol. The first-order valence-electron chi connectivity index (χ1n) is 6.39. The number of thiazole rings is 1. The third-order valence-corrected chi connectivity index (χ3v) is 3.24. The molecule has 0 spiro atoms. The third kappa shape index (κ3) is 4.57. The number of anilines is 2. The zero-order chi connectivity index (χ0) is 15.1. The number of ether oxygens (including phenoxy) is 1. The van der Waals surface area contributed by atoms with Gasteiger partial charge in [0.15, 0.2) is 5.13 Å². The van der Waals surface area contributed by atoms with Gasteiger partial charge < -0.3 is 15.4 Å². The standard InChI is InChI=1S/C14H15N3O3S/c1-2-20-13(19)10-3-5-11(6-4-10)17-12(18)9-16-14-15-7-8-21-14/h3-8H,2,9H2,1H3,(H,15,16)(H,17,18). The van der Waals surface area contributed by atoms with Gasteiger partial charge in [0.1, 0.15) is 0 Å². The fraction of sp³-hybridized carbons (Fsp3) is 0.214. The first-order chi connectivity index (χ1) is 10.2. The Morgan fingerprint density at radius 1 is 1.29 bits per heavy atom. The van der Waals surface area contributed by atoms with Crippen LogP contribution in [0.1, 0.15) is 17.3 Å². The van der Waals surface area contributed by atoms with E-state index in [2.05, 4.69) is 15.6 Å². The number of rotatable bonds is 6. The lowest BCUT2D eigenvalue weighted by Gasteiger charge is -2.07. The van der Waals surface area contributed by atoms with Crippen LogP contribution < -0.4 is 10.6 Å². The minimum absolute atomic E-state index is 0.132. The summed E-state index contributed by atoms with van der Waals surface area (Å²) in [6.07, 6.45) is 1.67. The van der Waals surface area contributed by atoms with E-state index in [9.17, 15) is 9.59 Å². The number of esters is 1. The zero-order valence-electron chi connectivity index (χ0n) is 11.5. The van der Waals surface area contributed by atoms with Crippen LogP contribution in [0.25, 0.3) is 0 Å². The second-order valence-electron chi connectivity index (χ2n) is 4.04. The minimum Gasteiger partial charge on any atom is -0.462 e. The van der Waals surface area contributed by atoms with Crippen molar-refractivity contribution in [1.29, 1.82) is 0 Å². The molecular formula is C14H15N3O3S. The van der Waals surface area contributed by atoms with Gasteiger partial charge >= 0.3 is 5.97 Å².